The van der Waals surface area contributed by atoms with Gasteiger partial charge < -0.3 is 10.6 Å². The van der Waals surface area contributed by atoms with E-state index < -0.39 is 0 Å². The smallest absolute Gasteiger partial charge is 0.219 e. The van der Waals surface area contributed by atoms with E-state index in [0.717, 1.165) is 11.1 Å². The van der Waals surface area contributed by atoms with Crippen molar-refractivity contribution >= 4 is 5.95 Å². The van der Waals surface area contributed by atoms with Crippen LogP contribution in [0.5, 0.6) is 0 Å². The predicted molar refractivity (Wildman–Crippen MR) is 74.0 cm³/mol. The Hall–Kier alpha value is -1.94. The maximum Gasteiger partial charge on any atom is 0.219 e. The Kier molecular flexibility index (Phi) is 3.58. The first-order chi connectivity index (χ1) is 8.58. The maximum atomic E-state index is 5.49. The van der Waals surface area contributed by atoms with Crippen LogP contribution in [-0.2, 0) is 0 Å². The summed E-state index contributed by atoms with van der Waals surface area (Å²) in [6.07, 6.45) is 3.50. The second-order valence-electron chi connectivity index (χ2n) is 4.59. The van der Waals surface area contributed by atoms with Gasteiger partial charge in [0.2, 0.25) is 5.95 Å². The van der Waals surface area contributed by atoms with Gasteiger partial charge in [-0.2, -0.15) is 0 Å². The van der Waals surface area contributed by atoms with Gasteiger partial charge in [-0.25, -0.2) is 9.97 Å². The summed E-state index contributed by atoms with van der Waals surface area (Å²) in [5.74, 6) is 0.302. The average Bonchev–Trinajstić information content (AvgIpc) is 2.38. The van der Waals surface area contributed by atoms with Crippen molar-refractivity contribution in [1.82, 2.24) is 14.9 Å². The van der Waals surface area contributed by atoms with Crippen LogP contribution in [0.15, 0.2) is 36.7 Å². The number of nitrogen functional groups attached to an aromatic ring is 1. The van der Waals surface area contributed by atoms with Crippen molar-refractivity contribution in [2.75, 3.05) is 19.8 Å². The van der Waals surface area contributed by atoms with E-state index in [1.54, 1.807) is 12.4 Å². The van der Waals surface area contributed by atoms with E-state index in [9.17, 15) is 0 Å². The average molecular weight is 242 g/mol. The molecule has 0 saturated carbocycles. The van der Waals surface area contributed by atoms with Crippen molar-refractivity contribution in [1.29, 1.82) is 0 Å². The molecule has 1 heterocycles. The molecule has 1 aromatic carbocycles. The molecule has 2 N–H and O–H groups in total. The first-order valence-corrected chi connectivity index (χ1v) is 5.92. The SMILES string of the molecule is C[C@H](c1cccc(-c2cnc(N)nc2)c1)N(C)C. The topological polar surface area (TPSA) is 55.0 Å². The molecule has 4 nitrogen and oxygen atoms in total. The van der Waals surface area contributed by atoms with Crippen LogP contribution in [0.4, 0.5) is 5.95 Å². The normalized spacial score (nSPS) is 12.7. The van der Waals surface area contributed by atoms with Crippen LogP contribution in [0.3, 0.4) is 0 Å². The second kappa shape index (κ2) is 5.14. The molecule has 0 aliphatic rings. The van der Waals surface area contributed by atoms with Gasteiger partial charge in [0.05, 0.1) is 0 Å². The van der Waals surface area contributed by atoms with Gasteiger partial charge >= 0.3 is 0 Å². The zero-order valence-corrected chi connectivity index (χ0v) is 11.0. The first kappa shape index (κ1) is 12.5. The molecule has 1 aromatic heterocycles. The lowest BCUT2D eigenvalue weighted by Gasteiger charge is -2.20. The van der Waals surface area contributed by atoms with Crippen molar-refractivity contribution in [3.8, 4) is 11.1 Å². The number of nitrogens with two attached hydrogens (primary N) is 1. The molecule has 0 amide bonds. The molecular weight excluding hydrogens is 224 g/mol. The summed E-state index contributed by atoms with van der Waals surface area (Å²) in [6, 6.07) is 8.79. The molecule has 18 heavy (non-hydrogen) atoms. The molecule has 0 saturated heterocycles. The van der Waals surface area contributed by atoms with Crippen LogP contribution in [0, 0.1) is 0 Å². The minimum absolute atomic E-state index is 0.302. The van der Waals surface area contributed by atoms with E-state index in [0.29, 0.717) is 12.0 Å². The molecule has 4 heteroatoms. The summed E-state index contributed by atoms with van der Waals surface area (Å²) in [4.78, 5) is 10.2. The van der Waals surface area contributed by atoms with Gasteiger partial charge in [0, 0.05) is 24.0 Å². The van der Waals surface area contributed by atoms with Crippen molar-refractivity contribution in [3.63, 3.8) is 0 Å². The van der Waals surface area contributed by atoms with Gasteiger partial charge in [0.15, 0.2) is 0 Å². The zero-order valence-electron chi connectivity index (χ0n) is 11.0. The van der Waals surface area contributed by atoms with Gasteiger partial charge in [-0.1, -0.05) is 18.2 Å². The van der Waals surface area contributed by atoms with E-state index >= 15 is 0 Å². The number of hydrogen-bond donors (Lipinski definition) is 1. The quantitative estimate of drug-likeness (QED) is 0.897. The summed E-state index contributed by atoms with van der Waals surface area (Å²) in [5.41, 5.74) is 8.86. The predicted octanol–water partition coefficient (Wildman–Crippen LogP) is 2.35. The Bertz CT molecular complexity index is 520. The van der Waals surface area contributed by atoms with Crippen LogP contribution in [0.25, 0.3) is 11.1 Å². The standard InChI is InChI=1S/C14H18N4/c1-10(18(2)3)11-5-4-6-12(7-11)13-8-16-14(15)17-9-13/h4-10H,1-3H3,(H2,15,16,17)/t10-/m1/s1. The van der Waals surface area contributed by atoms with Crippen LogP contribution in [0.1, 0.15) is 18.5 Å². The molecule has 0 spiro atoms. The number of benzene rings is 1. The van der Waals surface area contributed by atoms with Crippen LogP contribution < -0.4 is 5.73 Å². The highest BCUT2D eigenvalue weighted by atomic mass is 15.1. The molecule has 2 aromatic rings. The molecule has 0 aliphatic heterocycles. The maximum absolute atomic E-state index is 5.49. The second-order valence-corrected chi connectivity index (χ2v) is 4.59. The molecule has 0 bridgehead atoms. The molecule has 0 aliphatic carbocycles. The fourth-order valence-corrected chi connectivity index (χ4v) is 1.76. The Morgan fingerprint density at radius 1 is 1.11 bits per heavy atom. The lowest BCUT2D eigenvalue weighted by molar-refractivity contribution is 0.321. The first-order valence-electron chi connectivity index (χ1n) is 5.92. The van der Waals surface area contributed by atoms with Gasteiger partial charge in [-0.3, -0.25) is 0 Å². The third-order valence-corrected chi connectivity index (χ3v) is 3.15. The Morgan fingerprint density at radius 3 is 2.39 bits per heavy atom. The number of aromatic nitrogens is 2. The Morgan fingerprint density at radius 2 is 1.78 bits per heavy atom. The fraction of sp³-hybridized carbons (Fsp3) is 0.286. The number of anilines is 1. The molecule has 0 unspecified atom stereocenters. The van der Waals surface area contributed by atoms with E-state index in [2.05, 4.69) is 60.2 Å². The van der Waals surface area contributed by atoms with Crippen LogP contribution >= 0.6 is 0 Å². The minimum Gasteiger partial charge on any atom is -0.368 e. The van der Waals surface area contributed by atoms with E-state index in [1.165, 1.54) is 5.56 Å². The molecule has 2 rings (SSSR count). The fourth-order valence-electron chi connectivity index (χ4n) is 1.76. The monoisotopic (exact) mass is 242 g/mol. The summed E-state index contributed by atoms with van der Waals surface area (Å²) < 4.78 is 0. The third kappa shape index (κ3) is 2.65. The summed E-state index contributed by atoms with van der Waals surface area (Å²) >= 11 is 0. The van der Waals surface area contributed by atoms with E-state index in [1.807, 2.05) is 0 Å². The highest BCUT2D eigenvalue weighted by Gasteiger charge is 2.08. The lowest BCUT2D eigenvalue weighted by Crippen LogP contribution is -2.16. The van der Waals surface area contributed by atoms with Crippen molar-refractivity contribution in [3.05, 3.63) is 42.2 Å². The minimum atomic E-state index is 0.302. The van der Waals surface area contributed by atoms with E-state index in [-0.39, 0.29) is 0 Å². The molecule has 0 radical (unpaired) electrons. The van der Waals surface area contributed by atoms with Gasteiger partial charge in [-0.05, 0) is 38.2 Å². The van der Waals surface area contributed by atoms with Crippen LogP contribution in [-0.4, -0.2) is 29.0 Å². The highest BCUT2D eigenvalue weighted by molar-refractivity contribution is 5.62. The third-order valence-electron chi connectivity index (χ3n) is 3.15. The summed E-state index contributed by atoms with van der Waals surface area (Å²) in [7, 11) is 4.15. The van der Waals surface area contributed by atoms with Crippen molar-refractivity contribution in [2.24, 2.45) is 0 Å². The van der Waals surface area contributed by atoms with Crippen molar-refractivity contribution in [2.45, 2.75) is 13.0 Å². The Balaban J connectivity index is 2.35. The number of rotatable bonds is 3. The van der Waals surface area contributed by atoms with Gasteiger partial charge in [0.25, 0.3) is 0 Å². The van der Waals surface area contributed by atoms with Crippen molar-refractivity contribution < 1.29 is 0 Å². The molecule has 94 valence electrons. The number of hydrogen-bond acceptors (Lipinski definition) is 4. The van der Waals surface area contributed by atoms with Crippen LogP contribution in [0.2, 0.25) is 0 Å². The van der Waals surface area contributed by atoms with Gasteiger partial charge in [-0.15, -0.1) is 0 Å². The van der Waals surface area contributed by atoms with E-state index in [4.69, 9.17) is 5.73 Å². The zero-order chi connectivity index (χ0) is 13.1. The Labute approximate surface area is 107 Å². The molecule has 1 atom stereocenters. The van der Waals surface area contributed by atoms with Gasteiger partial charge in [0.1, 0.15) is 0 Å². The lowest BCUT2D eigenvalue weighted by atomic mass is 10.0. The summed E-state index contributed by atoms with van der Waals surface area (Å²) in [6.45, 7) is 2.18. The largest absolute Gasteiger partial charge is 0.368 e. The number of nitrogens with zero attached hydrogens (tertiary/aromatic N) is 3. The highest BCUT2D eigenvalue weighted by Crippen LogP contribution is 2.24. The summed E-state index contributed by atoms with van der Waals surface area (Å²) in [5, 5.41) is 0. The molecule has 0 fully saturated rings. The molecular formula is C14H18N4.